The molecule has 0 saturated heterocycles. The monoisotopic (exact) mass is 308 g/mol. The van der Waals surface area contributed by atoms with Crippen LogP contribution in [-0.2, 0) is 0 Å². The summed E-state index contributed by atoms with van der Waals surface area (Å²) in [6, 6.07) is 3.25. The molecular formula is C9H9IO4. The summed E-state index contributed by atoms with van der Waals surface area (Å²) in [5.41, 5.74) is 0.108. The third-order valence-electron chi connectivity index (χ3n) is 1.67. The second kappa shape index (κ2) is 4.50. The highest BCUT2D eigenvalue weighted by molar-refractivity contribution is 14.1. The van der Waals surface area contributed by atoms with Crippen molar-refractivity contribution in [1.82, 2.24) is 0 Å². The number of hydrogen-bond acceptors (Lipinski definition) is 3. The number of methoxy groups -OCH3 is 2. The number of benzene rings is 1. The molecule has 1 aromatic rings. The van der Waals surface area contributed by atoms with Gasteiger partial charge in [0.1, 0.15) is 5.56 Å². The van der Waals surface area contributed by atoms with E-state index in [0.717, 1.165) is 3.57 Å². The van der Waals surface area contributed by atoms with Gasteiger partial charge in [0.15, 0.2) is 11.5 Å². The highest BCUT2D eigenvalue weighted by atomic mass is 127. The number of halogens is 1. The molecule has 1 N–H and O–H groups in total. The van der Waals surface area contributed by atoms with E-state index in [1.54, 1.807) is 6.07 Å². The van der Waals surface area contributed by atoms with Gasteiger partial charge in [-0.1, -0.05) is 0 Å². The summed E-state index contributed by atoms with van der Waals surface area (Å²) < 4.78 is 10.8. The molecule has 4 nitrogen and oxygen atoms in total. The van der Waals surface area contributed by atoms with Crippen LogP contribution in [0, 0.1) is 3.57 Å². The summed E-state index contributed by atoms with van der Waals surface area (Å²) in [7, 11) is 2.89. The SMILES string of the molecule is COc1cc(I)cc(C(=O)O)c1OC. The first-order valence-corrected chi connectivity index (χ1v) is 4.82. The van der Waals surface area contributed by atoms with Crippen molar-refractivity contribution in [2.75, 3.05) is 14.2 Å². The molecule has 14 heavy (non-hydrogen) atoms. The first-order chi connectivity index (χ1) is 6.60. The van der Waals surface area contributed by atoms with E-state index >= 15 is 0 Å². The standard InChI is InChI=1S/C9H9IO4/c1-13-7-4-5(10)3-6(9(11)12)8(7)14-2/h3-4H,1-2H3,(H,11,12). The Balaban J connectivity index is 3.39. The minimum absolute atomic E-state index is 0.108. The molecule has 1 aromatic carbocycles. The highest BCUT2D eigenvalue weighted by Gasteiger charge is 2.16. The van der Waals surface area contributed by atoms with E-state index in [9.17, 15) is 4.79 Å². The van der Waals surface area contributed by atoms with Crippen LogP contribution in [0.5, 0.6) is 11.5 Å². The van der Waals surface area contributed by atoms with Gasteiger partial charge in [0.2, 0.25) is 0 Å². The Morgan fingerprint density at radius 3 is 2.43 bits per heavy atom. The van der Waals surface area contributed by atoms with Crippen molar-refractivity contribution in [1.29, 1.82) is 0 Å². The number of carboxylic acids is 1. The average Bonchev–Trinajstić information content (AvgIpc) is 2.16. The van der Waals surface area contributed by atoms with E-state index in [0.29, 0.717) is 5.75 Å². The zero-order chi connectivity index (χ0) is 10.7. The first kappa shape index (κ1) is 11.1. The fourth-order valence-electron chi connectivity index (χ4n) is 1.09. The van der Waals surface area contributed by atoms with Gasteiger partial charge in [-0.05, 0) is 34.7 Å². The van der Waals surface area contributed by atoms with Gasteiger partial charge in [-0.15, -0.1) is 0 Å². The van der Waals surface area contributed by atoms with Crippen molar-refractivity contribution in [3.05, 3.63) is 21.3 Å². The molecular weight excluding hydrogens is 299 g/mol. The molecule has 0 aliphatic carbocycles. The fourth-order valence-corrected chi connectivity index (χ4v) is 1.68. The number of ether oxygens (including phenoxy) is 2. The molecule has 0 heterocycles. The number of carboxylic acid groups (broad SMARTS) is 1. The van der Waals surface area contributed by atoms with Crippen molar-refractivity contribution in [3.63, 3.8) is 0 Å². The molecule has 0 aromatic heterocycles. The molecule has 0 aliphatic rings. The minimum atomic E-state index is -1.03. The van der Waals surface area contributed by atoms with E-state index in [1.807, 2.05) is 22.6 Å². The summed E-state index contributed by atoms with van der Waals surface area (Å²) >= 11 is 2.02. The molecule has 0 unspecified atom stereocenters. The van der Waals surface area contributed by atoms with Gasteiger partial charge >= 0.3 is 5.97 Å². The second-order valence-electron chi connectivity index (χ2n) is 2.49. The summed E-state index contributed by atoms with van der Waals surface area (Å²) in [5.74, 6) is -0.351. The maximum absolute atomic E-state index is 10.9. The highest BCUT2D eigenvalue weighted by Crippen LogP contribution is 2.32. The summed E-state index contributed by atoms with van der Waals surface area (Å²) in [5, 5.41) is 8.90. The van der Waals surface area contributed by atoms with E-state index in [-0.39, 0.29) is 11.3 Å². The molecule has 0 saturated carbocycles. The van der Waals surface area contributed by atoms with E-state index in [1.165, 1.54) is 20.3 Å². The summed E-state index contributed by atoms with van der Waals surface area (Å²) in [6.45, 7) is 0. The van der Waals surface area contributed by atoms with Crippen LogP contribution in [0.2, 0.25) is 0 Å². The molecule has 0 radical (unpaired) electrons. The summed E-state index contributed by atoms with van der Waals surface area (Å²) in [6.07, 6.45) is 0. The van der Waals surface area contributed by atoms with Crippen LogP contribution in [-0.4, -0.2) is 25.3 Å². The molecule has 1 rings (SSSR count). The lowest BCUT2D eigenvalue weighted by Crippen LogP contribution is -2.03. The van der Waals surface area contributed by atoms with Crippen LogP contribution in [0.1, 0.15) is 10.4 Å². The van der Waals surface area contributed by atoms with Gasteiger partial charge in [-0.3, -0.25) is 0 Å². The first-order valence-electron chi connectivity index (χ1n) is 3.75. The van der Waals surface area contributed by atoms with Crippen molar-refractivity contribution in [2.24, 2.45) is 0 Å². The lowest BCUT2D eigenvalue weighted by Gasteiger charge is -2.10. The van der Waals surface area contributed by atoms with E-state index < -0.39 is 5.97 Å². The lowest BCUT2D eigenvalue weighted by atomic mass is 10.2. The lowest BCUT2D eigenvalue weighted by molar-refractivity contribution is 0.0692. The molecule has 76 valence electrons. The van der Waals surface area contributed by atoms with Crippen LogP contribution in [0.25, 0.3) is 0 Å². The zero-order valence-corrected chi connectivity index (χ0v) is 9.86. The molecule has 0 bridgehead atoms. The topological polar surface area (TPSA) is 55.8 Å². The van der Waals surface area contributed by atoms with Crippen LogP contribution >= 0.6 is 22.6 Å². The van der Waals surface area contributed by atoms with Crippen molar-refractivity contribution >= 4 is 28.6 Å². The molecule has 0 spiro atoms. The number of hydrogen-bond donors (Lipinski definition) is 1. The Bertz CT molecular complexity index is 362. The van der Waals surface area contributed by atoms with Crippen molar-refractivity contribution in [3.8, 4) is 11.5 Å². The Kier molecular flexibility index (Phi) is 3.56. The van der Waals surface area contributed by atoms with Crippen LogP contribution in [0.15, 0.2) is 12.1 Å². The summed E-state index contributed by atoms with van der Waals surface area (Å²) in [4.78, 5) is 10.9. The Labute approximate surface area is 95.0 Å². The van der Waals surface area contributed by atoms with Crippen molar-refractivity contribution in [2.45, 2.75) is 0 Å². The van der Waals surface area contributed by atoms with Gasteiger partial charge in [-0.2, -0.15) is 0 Å². The largest absolute Gasteiger partial charge is 0.493 e. The predicted octanol–water partition coefficient (Wildman–Crippen LogP) is 2.01. The molecule has 0 amide bonds. The second-order valence-corrected chi connectivity index (χ2v) is 3.74. The zero-order valence-electron chi connectivity index (χ0n) is 7.70. The van der Waals surface area contributed by atoms with E-state index in [4.69, 9.17) is 14.6 Å². The molecule has 0 aliphatic heterocycles. The number of rotatable bonds is 3. The van der Waals surface area contributed by atoms with E-state index in [2.05, 4.69) is 0 Å². The van der Waals surface area contributed by atoms with Crippen LogP contribution in [0.3, 0.4) is 0 Å². The Morgan fingerprint density at radius 2 is 2.00 bits per heavy atom. The maximum Gasteiger partial charge on any atom is 0.339 e. The van der Waals surface area contributed by atoms with Crippen molar-refractivity contribution < 1.29 is 19.4 Å². The van der Waals surface area contributed by atoms with Crippen LogP contribution < -0.4 is 9.47 Å². The minimum Gasteiger partial charge on any atom is -0.493 e. The number of aromatic carboxylic acids is 1. The molecule has 0 atom stereocenters. The maximum atomic E-state index is 10.9. The van der Waals surface area contributed by atoms with Gasteiger partial charge in [0, 0.05) is 3.57 Å². The smallest absolute Gasteiger partial charge is 0.339 e. The Morgan fingerprint density at radius 1 is 1.36 bits per heavy atom. The number of carbonyl (C=O) groups is 1. The third kappa shape index (κ3) is 2.09. The quantitative estimate of drug-likeness (QED) is 0.868. The third-order valence-corrected chi connectivity index (χ3v) is 2.30. The molecule has 0 fully saturated rings. The average molecular weight is 308 g/mol. The van der Waals surface area contributed by atoms with Gasteiger partial charge in [-0.25, -0.2) is 4.79 Å². The van der Waals surface area contributed by atoms with Gasteiger partial charge < -0.3 is 14.6 Å². The predicted molar refractivity (Wildman–Crippen MR) is 59.2 cm³/mol. The normalized spacial score (nSPS) is 9.64. The van der Waals surface area contributed by atoms with Crippen LogP contribution in [0.4, 0.5) is 0 Å². The van der Waals surface area contributed by atoms with Gasteiger partial charge in [0.25, 0.3) is 0 Å². The fraction of sp³-hybridized carbons (Fsp3) is 0.222. The Hall–Kier alpha value is -0.980. The van der Waals surface area contributed by atoms with Gasteiger partial charge in [0.05, 0.1) is 14.2 Å². The molecule has 5 heteroatoms.